The first kappa shape index (κ1) is 19.9. The van der Waals surface area contributed by atoms with Gasteiger partial charge in [-0.3, -0.25) is 9.59 Å². The zero-order valence-corrected chi connectivity index (χ0v) is 17.5. The van der Waals surface area contributed by atoms with E-state index in [1.54, 1.807) is 30.9 Å². The predicted octanol–water partition coefficient (Wildman–Crippen LogP) is 3.56. The van der Waals surface area contributed by atoms with Gasteiger partial charge in [-0.1, -0.05) is 40.6 Å². The maximum absolute atomic E-state index is 13.5. The highest BCUT2D eigenvalue weighted by Crippen LogP contribution is 2.62. The Morgan fingerprint density at radius 3 is 2.44 bits per heavy atom. The number of methoxy groups -OCH3 is 1. The summed E-state index contributed by atoms with van der Waals surface area (Å²) in [6.45, 7) is 3.81. The Balaban J connectivity index is 2.09. The second-order valence-electron chi connectivity index (χ2n) is 6.83. The Morgan fingerprint density at radius 2 is 1.89 bits per heavy atom. The number of rotatable bonds is 6. The van der Waals surface area contributed by atoms with Gasteiger partial charge in [0.05, 0.1) is 19.2 Å². The van der Waals surface area contributed by atoms with Crippen LogP contribution in [0.4, 0.5) is 0 Å². The minimum atomic E-state index is -1.05. The lowest BCUT2D eigenvalue weighted by molar-refractivity contribution is -0.168. The van der Waals surface area contributed by atoms with Gasteiger partial charge < -0.3 is 14.5 Å². The smallest absolute Gasteiger partial charge is 0.261 e. The Bertz CT molecular complexity index is 794. The van der Waals surface area contributed by atoms with Gasteiger partial charge in [-0.25, -0.2) is 0 Å². The Morgan fingerprint density at radius 1 is 1.22 bits per heavy atom. The van der Waals surface area contributed by atoms with Crippen molar-refractivity contribution in [3.63, 3.8) is 0 Å². The molecule has 0 spiro atoms. The van der Waals surface area contributed by atoms with Crippen LogP contribution in [0.1, 0.15) is 44.7 Å². The van der Waals surface area contributed by atoms with E-state index in [1.807, 2.05) is 31.2 Å². The van der Waals surface area contributed by atoms with E-state index in [0.29, 0.717) is 12.8 Å². The number of nitrogens with zero attached hydrogens (tertiary/aromatic N) is 3. The summed E-state index contributed by atoms with van der Waals surface area (Å²) >= 11 is 0. The number of carbonyl (C=O) groups excluding carboxylic acids is 2. The summed E-state index contributed by atoms with van der Waals surface area (Å²) in [4.78, 5) is 28.1. The first-order valence-electron chi connectivity index (χ1n) is 8.85. The third-order valence-electron chi connectivity index (χ3n) is 5.40. The molecular weight excluding hydrogens is 382 g/mol. The largest absolute Gasteiger partial charge is 0.497 e. The van der Waals surface area contributed by atoms with Gasteiger partial charge in [-0.05, 0) is 31.0 Å². The van der Waals surface area contributed by atoms with Crippen LogP contribution in [0.25, 0.3) is 0 Å². The van der Waals surface area contributed by atoms with Crippen LogP contribution >= 0.6 is 21.6 Å². The van der Waals surface area contributed by atoms with Crippen molar-refractivity contribution in [1.82, 2.24) is 9.80 Å². The van der Waals surface area contributed by atoms with E-state index in [-0.39, 0.29) is 24.3 Å². The molecule has 4 rings (SSSR count). The fourth-order valence-electron chi connectivity index (χ4n) is 3.69. The van der Waals surface area contributed by atoms with Crippen LogP contribution in [-0.4, -0.2) is 45.5 Å². The summed E-state index contributed by atoms with van der Waals surface area (Å²) in [5.41, 5.74) is 0.959. The van der Waals surface area contributed by atoms with Crippen molar-refractivity contribution in [2.75, 3.05) is 14.2 Å². The molecule has 3 aliphatic rings. The van der Waals surface area contributed by atoms with Crippen LogP contribution in [0.15, 0.2) is 24.3 Å². The number of carbonyl (C=O) groups is 2. The molecule has 0 radical (unpaired) electrons. The van der Waals surface area contributed by atoms with Gasteiger partial charge in [0.15, 0.2) is 9.74 Å². The average molecular weight is 406 g/mol. The molecule has 1 aromatic rings. The number of fused-ring (bicyclic) bond motifs is 3. The lowest BCUT2D eigenvalue weighted by Crippen LogP contribution is -2.75. The first-order valence-corrected chi connectivity index (χ1v) is 11.0. The van der Waals surface area contributed by atoms with E-state index in [0.717, 1.165) is 11.3 Å². The molecule has 1 aromatic carbocycles. The molecule has 0 aromatic heterocycles. The molecule has 3 unspecified atom stereocenters. The van der Waals surface area contributed by atoms with Gasteiger partial charge in [0.2, 0.25) is 0 Å². The van der Waals surface area contributed by atoms with Crippen LogP contribution in [0.3, 0.4) is 0 Å². The van der Waals surface area contributed by atoms with E-state index >= 15 is 0 Å². The van der Waals surface area contributed by atoms with Crippen molar-refractivity contribution in [3.05, 3.63) is 29.8 Å². The van der Waals surface area contributed by atoms with E-state index in [4.69, 9.17) is 10.00 Å². The molecule has 3 aliphatic heterocycles. The third-order valence-corrected chi connectivity index (χ3v) is 9.16. The summed E-state index contributed by atoms with van der Waals surface area (Å²) in [7, 11) is 6.13. The van der Waals surface area contributed by atoms with E-state index < -0.39 is 9.74 Å². The molecule has 3 saturated heterocycles. The van der Waals surface area contributed by atoms with Crippen LogP contribution in [0.5, 0.6) is 5.75 Å². The van der Waals surface area contributed by atoms with E-state index in [1.165, 1.54) is 21.6 Å². The number of ether oxygens (including phenoxy) is 1. The molecule has 2 bridgehead atoms. The Labute approximate surface area is 167 Å². The second kappa shape index (κ2) is 7.28. The van der Waals surface area contributed by atoms with Gasteiger partial charge in [-0.2, -0.15) is 5.26 Å². The Kier molecular flexibility index (Phi) is 5.37. The standard InChI is InChI=1S/C19H23N3O3S2/c1-5-15(13-7-9-14(25-4)10-8-13)22-16(23)18(2)21(3)17(24)19(22,27-26-18)11-6-12-20/h7-10,15H,5-6,11H2,1-4H3. The predicted molar refractivity (Wildman–Crippen MR) is 107 cm³/mol. The lowest BCUT2D eigenvalue weighted by atomic mass is 9.93. The van der Waals surface area contributed by atoms with Gasteiger partial charge >= 0.3 is 0 Å². The Hall–Kier alpha value is -1.85. The number of piperazine rings is 1. The quantitative estimate of drug-likeness (QED) is 0.674. The molecule has 3 heterocycles. The number of hydrogen-bond acceptors (Lipinski definition) is 6. The van der Waals surface area contributed by atoms with Gasteiger partial charge in [0.1, 0.15) is 5.75 Å². The maximum atomic E-state index is 13.5. The number of benzene rings is 1. The summed E-state index contributed by atoms with van der Waals surface area (Å²) in [6.07, 6.45) is 1.20. The van der Waals surface area contributed by atoms with Crippen LogP contribution in [0.2, 0.25) is 0 Å². The maximum Gasteiger partial charge on any atom is 0.261 e. The molecule has 3 atom stereocenters. The molecule has 0 aliphatic carbocycles. The van der Waals surface area contributed by atoms with Gasteiger partial charge in [0, 0.05) is 19.9 Å². The summed E-state index contributed by atoms with van der Waals surface area (Å²) in [6, 6.07) is 9.50. The van der Waals surface area contributed by atoms with Gasteiger partial charge in [-0.15, -0.1) is 0 Å². The number of nitriles is 1. The van der Waals surface area contributed by atoms with Gasteiger partial charge in [0.25, 0.3) is 11.8 Å². The normalized spacial score (nSPS) is 28.3. The zero-order chi connectivity index (χ0) is 19.8. The first-order chi connectivity index (χ1) is 12.9. The SMILES string of the molecule is CCC(c1ccc(OC)cc1)N1C(=O)C2(C)SSC1(CCC#N)C(=O)N2C. The summed E-state index contributed by atoms with van der Waals surface area (Å²) in [5.74, 6) is 0.566. The third kappa shape index (κ3) is 2.88. The topological polar surface area (TPSA) is 73.6 Å². The van der Waals surface area contributed by atoms with Crippen molar-refractivity contribution in [2.45, 2.75) is 48.9 Å². The highest BCUT2D eigenvalue weighted by Gasteiger charge is 2.67. The van der Waals surface area contributed by atoms with Crippen molar-refractivity contribution in [3.8, 4) is 11.8 Å². The monoisotopic (exact) mass is 405 g/mol. The number of hydrogen-bond donors (Lipinski definition) is 0. The molecular formula is C19H23N3O3S2. The molecule has 2 amide bonds. The number of amides is 2. The summed E-state index contributed by atoms with van der Waals surface area (Å²) < 4.78 is 5.23. The average Bonchev–Trinajstić information content (AvgIpc) is 2.69. The summed E-state index contributed by atoms with van der Waals surface area (Å²) in [5, 5.41) is 9.14. The van der Waals surface area contributed by atoms with Crippen molar-refractivity contribution >= 4 is 33.4 Å². The molecule has 0 N–H and O–H groups in total. The second-order valence-corrected chi connectivity index (χ2v) is 9.63. The fourth-order valence-corrected chi connectivity index (χ4v) is 7.19. The minimum absolute atomic E-state index is 0.0750. The molecule has 8 heteroatoms. The fraction of sp³-hybridized carbons (Fsp3) is 0.526. The number of likely N-dealkylation sites (N-methyl/N-ethyl adjacent to an activating group) is 1. The molecule has 6 nitrogen and oxygen atoms in total. The van der Waals surface area contributed by atoms with E-state index in [9.17, 15) is 9.59 Å². The van der Waals surface area contributed by atoms with E-state index in [2.05, 4.69) is 6.07 Å². The van der Waals surface area contributed by atoms with Crippen LogP contribution < -0.4 is 4.74 Å². The van der Waals surface area contributed by atoms with Crippen LogP contribution in [-0.2, 0) is 9.59 Å². The minimum Gasteiger partial charge on any atom is -0.497 e. The molecule has 0 saturated carbocycles. The van der Waals surface area contributed by atoms with Crippen molar-refractivity contribution in [2.24, 2.45) is 0 Å². The molecule has 3 fully saturated rings. The highest BCUT2D eigenvalue weighted by atomic mass is 33.1. The van der Waals surface area contributed by atoms with Crippen molar-refractivity contribution in [1.29, 1.82) is 5.26 Å². The molecule has 144 valence electrons. The highest BCUT2D eigenvalue weighted by molar-refractivity contribution is 8.78. The van der Waals surface area contributed by atoms with Crippen LogP contribution in [0, 0.1) is 11.3 Å². The zero-order valence-electron chi connectivity index (χ0n) is 15.9. The molecule has 27 heavy (non-hydrogen) atoms. The lowest BCUT2D eigenvalue weighted by Gasteiger charge is -2.60. The van der Waals surface area contributed by atoms with Crippen molar-refractivity contribution < 1.29 is 14.3 Å².